The molecule has 2 atom stereocenters. The van der Waals surface area contributed by atoms with Crippen LogP contribution in [-0.4, -0.2) is 34.9 Å². The fourth-order valence-electron chi connectivity index (χ4n) is 4.33. The van der Waals surface area contributed by atoms with E-state index in [0.29, 0.717) is 48.5 Å². The van der Waals surface area contributed by atoms with Crippen LogP contribution < -0.4 is 5.32 Å². The highest BCUT2D eigenvalue weighted by atomic mass is 35.5. The summed E-state index contributed by atoms with van der Waals surface area (Å²) in [6.07, 6.45) is 6.32. The van der Waals surface area contributed by atoms with Crippen molar-refractivity contribution in [3.63, 3.8) is 0 Å². The average Bonchev–Trinajstić information content (AvgIpc) is 3.36. The number of nitrogens with one attached hydrogen (secondary N) is 1. The normalized spacial score (nSPS) is 26.3. The molecule has 1 heterocycles. The van der Waals surface area contributed by atoms with Crippen molar-refractivity contribution in [2.24, 2.45) is 23.7 Å². The van der Waals surface area contributed by atoms with Crippen molar-refractivity contribution in [2.75, 3.05) is 18.4 Å². The summed E-state index contributed by atoms with van der Waals surface area (Å²) in [7, 11) is 0. The van der Waals surface area contributed by atoms with Crippen LogP contribution in [0.4, 0.5) is 5.69 Å². The van der Waals surface area contributed by atoms with Crippen LogP contribution in [0.5, 0.6) is 5.75 Å². The lowest BCUT2D eigenvalue weighted by Gasteiger charge is -2.32. The fraction of sp³-hybridized carbons (Fsp3) is 0.600. The predicted octanol–water partition coefficient (Wildman–Crippen LogP) is 3.66. The van der Waals surface area contributed by atoms with Crippen molar-refractivity contribution in [3.8, 4) is 5.75 Å². The number of anilines is 1. The number of carbonyl (C=O) groups is 2. The van der Waals surface area contributed by atoms with Crippen LogP contribution in [0.15, 0.2) is 18.2 Å². The van der Waals surface area contributed by atoms with Gasteiger partial charge in [0.2, 0.25) is 11.8 Å². The Balaban J connectivity index is 1.27. The minimum absolute atomic E-state index is 0.00568. The van der Waals surface area contributed by atoms with Gasteiger partial charge in [-0.05, 0) is 49.3 Å². The summed E-state index contributed by atoms with van der Waals surface area (Å²) < 4.78 is 0. The lowest BCUT2D eigenvalue weighted by Crippen LogP contribution is -2.42. The summed E-state index contributed by atoms with van der Waals surface area (Å²) in [5, 5.41) is 13.1. The first-order chi connectivity index (χ1) is 12.5. The smallest absolute Gasteiger partial charge is 0.227 e. The van der Waals surface area contributed by atoms with Crippen molar-refractivity contribution in [1.29, 1.82) is 0 Å². The van der Waals surface area contributed by atoms with E-state index in [2.05, 4.69) is 5.32 Å². The molecule has 4 rings (SSSR count). The molecule has 2 N–H and O–H groups in total. The Labute approximate surface area is 158 Å². The van der Waals surface area contributed by atoms with Gasteiger partial charge in [-0.15, -0.1) is 0 Å². The van der Waals surface area contributed by atoms with Crippen LogP contribution in [0.1, 0.15) is 38.5 Å². The monoisotopic (exact) mass is 376 g/mol. The molecular formula is C20H25ClN2O3. The number of rotatable bonds is 4. The molecule has 5 nitrogen and oxygen atoms in total. The van der Waals surface area contributed by atoms with Gasteiger partial charge in [-0.2, -0.15) is 0 Å². The maximum atomic E-state index is 12.6. The molecule has 0 bridgehead atoms. The van der Waals surface area contributed by atoms with E-state index in [1.165, 1.54) is 25.3 Å². The molecule has 2 aliphatic carbocycles. The number of benzene rings is 1. The van der Waals surface area contributed by atoms with Gasteiger partial charge in [-0.3, -0.25) is 9.59 Å². The molecule has 1 aromatic carbocycles. The third kappa shape index (κ3) is 3.54. The summed E-state index contributed by atoms with van der Waals surface area (Å²) in [6, 6.07) is 4.58. The second-order valence-electron chi connectivity index (χ2n) is 7.95. The average molecular weight is 377 g/mol. The van der Waals surface area contributed by atoms with Crippen LogP contribution in [-0.2, 0) is 9.59 Å². The van der Waals surface area contributed by atoms with Crippen LogP contribution in [0, 0.1) is 23.7 Å². The molecule has 0 radical (unpaired) electrons. The number of halogens is 1. The number of aromatic hydroxyl groups is 1. The summed E-state index contributed by atoms with van der Waals surface area (Å²) in [4.78, 5) is 27.1. The molecular weight excluding hydrogens is 352 g/mol. The predicted molar refractivity (Wildman–Crippen MR) is 100.0 cm³/mol. The van der Waals surface area contributed by atoms with E-state index >= 15 is 0 Å². The third-order valence-corrected chi connectivity index (χ3v) is 6.54. The van der Waals surface area contributed by atoms with Gasteiger partial charge < -0.3 is 15.3 Å². The first kappa shape index (κ1) is 17.7. The molecule has 1 aliphatic heterocycles. The van der Waals surface area contributed by atoms with E-state index in [9.17, 15) is 14.7 Å². The molecule has 0 spiro atoms. The van der Waals surface area contributed by atoms with Crippen LogP contribution in [0.3, 0.4) is 0 Å². The van der Waals surface area contributed by atoms with Gasteiger partial charge in [0.15, 0.2) is 0 Å². The number of hydrogen-bond donors (Lipinski definition) is 2. The van der Waals surface area contributed by atoms with Gasteiger partial charge in [0.25, 0.3) is 0 Å². The van der Waals surface area contributed by atoms with Gasteiger partial charge in [0.1, 0.15) is 5.75 Å². The topological polar surface area (TPSA) is 69.6 Å². The van der Waals surface area contributed by atoms with Gasteiger partial charge in [0.05, 0.1) is 5.69 Å². The van der Waals surface area contributed by atoms with E-state index in [1.807, 2.05) is 4.90 Å². The van der Waals surface area contributed by atoms with Gasteiger partial charge in [-0.25, -0.2) is 0 Å². The SMILES string of the molecule is O=C(Nc1cc(Cl)ccc1O)C1CCN(C(=O)[C@H]2C[C@H]2C2CCC2)CC1. The van der Waals surface area contributed by atoms with Gasteiger partial charge in [-0.1, -0.05) is 30.9 Å². The Hall–Kier alpha value is -1.75. The Morgan fingerprint density at radius 1 is 1.15 bits per heavy atom. The third-order valence-electron chi connectivity index (χ3n) is 6.31. The molecule has 1 saturated heterocycles. The van der Waals surface area contributed by atoms with Crippen LogP contribution in [0.2, 0.25) is 5.02 Å². The second kappa shape index (κ2) is 7.10. The van der Waals surface area contributed by atoms with Gasteiger partial charge >= 0.3 is 0 Å². The van der Waals surface area contributed by atoms with E-state index in [1.54, 1.807) is 12.1 Å². The minimum Gasteiger partial charge on any atom is -0.506 e. The molecule has 0 aromatic heterocycles. The number of likely N-dealkylation sites (tertiary alicyclic amines) is 1. The number of amides is 2. The molecule has 3 fully saturated rings. The summed E-state index contributed by atoms with van der Waals surface area (Å²) in [5.41, 5.74) is 0.335. The highest BCUT2D eigenvalue weighted by molar-refractivity contribution is 6.31. The number of hydrogen-bond acceptors (Lipinski definition) is 3. The molecule has 1 aromatic rings. The first-order valence-corrected chi connectivity index (χ1v) is 9.99. The van der Waals surface area contributed by atoms with Gasteiger partial charge in [0, 0.05) is 29.9 Å². The molecule has 6 heteroatoms. The molecule has 2 amide bonds. The fourth-order valence-corrected chi connectivity index (χ4v) is 4.50. The zero-order chi connectivity index (χ0) is 18.3. The van der Waals surface area contributed by atoms with Crippen molar-refractivity contribution < 1.29 is 14.7 Å². The number of piperidine rings is 1. The van der Waals surface area contributed by atoms with Crippen molar-refractivity contribution >= 4 is 29.1 Å². The molecule has 2 saturated carbocycles. The quantitative estimate of drug-likeness (QED) is 0.788. The van der Waals surface area contributed by atoms with E-state index < -0.39 is 0 Å². The zero-order valence-corrected chi connectivity index (χ0v) is 15.5. The zero-order valence-electron chi connectivity index (χ0n) is 14.8. The van der Waals surface area contributed by atoms with Crippen molar-refractivity contribution in [3.05, 3.63) is 23.2 Å². The molecule has 3 aliphatic rings. The highest BCUT2D eigenvalue weighted by Crippen LogP contribution is 2.52. The van der Waals surface area contributed by atoms with Crippen molar-refractivity contribution in [2.45, 2.75) is 38.5 Å². The molecule has 140 valence electrons. The maximum Gasteiger partial charge on any atom is 0.227 e. The summed E-state index contributed by atoms with van der Waals surface area (Å²) >= 11 is 5.92. The summed E-state index contributed by atoms with van der Waals surface area (Å²) in [6.45, 7) is 1.29. The largest absolute Gasteiger partial charge is 0.506 e. The lowest BCUT2D eigenvalue weighted by molar-refractivity contribution is -0.136. The van der Waals surface area contributed by atoms with Crippen molar-refractivity contribution in [1.82, 2.24) is 4.90 Å². The minimum atomic E-state index is -0.140. The summed E-state index contributed by atoms with van der Waals surface area (Å²) in [5.74, 6) is 1.71. The standard InChI is InChI=1S/C20H25ClN2O3/c21-14-4-5-18(24)17(10-14)22-19(25)13-6-8-23(9-7-13)20(26)16-11-15(16)12-2-1-3-12/h4-5,10,12-13,15-16,24H,1-3,6-9,11H2,(H,22,25)/t15-,16-/m0/s1. The van der Waals surface area contributed by atoms with Crippen LogP contribution in [0.25, 0.3) is 0 Å². The first-order valence-electron chi connectivity index (χ1n) is 9.61. The van der Waals surface area contributed by atoms with E-state index in [0.717, 1.165) is 12.3 Å². The van der Waals surface area contributed by atoms with E-state index in [-0.39, 0.29) is 23.5 Å². The number of phenolic OH excluding ortho intramolecular Hbond substituents is 1. The Morgan fingerprint density at radius 3 is 2.54 bits per heavy atom. The van der Waals surface area contributed by atoms with Crippen LogP contribution >= 0.6 is 11.6 Å². The molecule has 26 heavy (non-hydrogen) atoms. The number of phenols is 1. The molecule has 0 unspecified atom stereocenters. The Kier molecular flexibility index (Phi) is 4.82. The van der Waals surface area contributed by atoms with E-state index in [4.69, 9.17) is 11.6 Å². The Morgan fingerprint density at radius 2 is 1.88 bits per heavy atom. The maximum absolute atomic E-state index is 12.6. The second-order valence-corrected chi connectivity index (χ2v) is 8.38. The Bertz CT molecular complexity index is 711. The highest BCUT2D eigenvalue weighted by Gasteiger charge is 2.50. The number of nitrogens with zero attached hydrogens (tertiary/aromatic N) is 1. The number of carbonyl (C=O) groups excluding carboxylic acids is 2. The lowest BCUT2D eigenvalue weighted by atomic mass is 9.81.